The summed E-state index contributed by atoms with van der Waals surface area (Å²) in [5.41, 5.74) is 5.08. The molecule has 4 rings (SSSR count). The summed E-state index contributed by atoms with van der Waals surface area (Å²) in [5, 5.41) is 6.17. The summed E-state index contributed by atoms with van der Waals surface area (Å²) in [4.78, 5) is 39.9. The van der Waals surface area contributed by atoms with Gasteiger partial charge in [-0.05, 0) is 98.9 Å². The largest absolute Gasteiger partial charge is 0.371 e. The predicted molar refractivity (Wildman–Crippen MR) is 163 cm³/mol. The summed E-state index contributed by atoms with van der Waals surface area (Å²) in [5.74, 6) is 1.52. The first-order valence-electron chi connectivity index (χ1n) is 15.3. The summed E-state index contributed by atoms with van der Waals surface area (Å²) in [6.07, 6.45) is 8.93. The highest BCUT2D eigenvalue weighted by molar-refractivity contribution is 5.97. The number of para-hydroxylation sites is 1. The maximum Gasteiger partial charge on any atom is 0.251 e. The zero-order valence-corrected chi connectivity index (χ0v) is 24.6. The van der Waals surface area contributed by atoms with Gasteiger partial charge in [-0.15, -0.1) is 0 Å². The van der Waals surface area contributed by atoms with Crippen LogP contribution in [0.2, 0.25) is 0 Å². The van der Waals surface area contributed by atoms with E-state index in [9.17, 15) is 14.4 Å². The van der Waals surface area contributed by atoms with Gasteiger partial charge >= 0.3 is 0 Å². The summed E-state index contributed by atoms with van der Waals surface area (Å²) in [7, 11) is 0. The molecule has 1 unspecified atom stereocenters. The van der Waals surface area contributed by atoms with Crippen molar-refractivity contribution >= 4 is 29.0 Å². The lowest BCUT2D eigenvalue weighted by atomic mass is 9.85. The highest BCUT2D eigenvalue weighted by atomic mass is 16.2. The van der Waals surface area contributed by atoms with Gasteiger partial charge in [0.05, 0.1) is 0 Å². The molecule has 1 aliphatic heterocycles. The molecule has 0 spiro atoms. The number of amides is 2. The van der Waals surface area contributed by atoms with Gasteiger partial charge in [-0.2, -0.15) is 0 Å². The van der Waals surface area contributed by atoms with Crippen molar-refractivity contribution < 1.29 is 14.4 Å². The second-order valence-electron chi connectivity index (χ2n) is 12.3. The van der Waals surface area contributed by atoms with Crippen LogP contribution in [0.1, 0.15) is 93.1 Å². The normalized spacial score (nSPS) is 18.1. The van der Waals surface area contributed by atoms with Crippen LogP contribution < -0.4 is 15.5 Å². The Morgan fingerprint density at radius 3 is 2.52 bits per heavy atom. The molecule has 216 valence electrons. The number of rotatable bonds is 11. The molecular weight excluding hydrogens is 498 g/mol. The van der Waals surface area contributed by atoms with Crippen molar-refractivity contribution in [2.75, 3.05) is 29.9 Å². The number of nitrogens with one attached hydrogen (secondary N) is 2. The Bertz CT molecular complexity index is 1170. The van der Waals surface area contributed by atoms with E-state index in [1.54, 1.807) is 0 Å². The number of aryl methyl sites for hydroxylation is 1. The van der Waals surface area contributed by atoms with Crippen LogP contribution in [-0.4, -0.2) is 37.2 Å². The smallest absolute Gasteiger partial charge is 0.251 e. The van der Waals surface area contributed by atoms with Crippen LogP contribution in [0.15, 0.2) is 42.5 Å². The average Bonchev–Trinajstić information content (AvgIpc) is 2.92. The monoisotopic (exact) mass is 545 g/mol. The van der Waals surface area contributed by atoms with E-state index in [-0.39, 0.29) is 17.7 Å². The van der Waals surface area contributed by atoms with E-state index in [0.29, 0.717) is 42.6 Å². The number of hydrogen-bond donors (Lipinski definition) is 2. The van der Waals surface area contributed by atoms with Gasteiger partial charge in [-0.3, -0.25) is 14.4 Å². The minimum absolute atomic E-state index is 0.00907. The van der Waals surface area contributed by atoms with Crippen LogP contribution in [0.4, 0.5) is 11.4 Å². The molecule has 2 N–H and O–H groups in total. The highest BCUT2D eigenvalue weighted by Crippen LogP contribution is 2.30. The zero-order chi connectivity index (χ0) is 28.5. The number of hydrogen-bond acceptors (Lipinski definition) is 4. The summed E-state index contributed by atoms with van der Waals surface area (Å²) < 4.78 is 0. The van der Waals surface area contributed by atoms with Gasteiger partial charge in [0.25, 0.3) is 5.91 Å². The molecule has 1 aliphatic carbocycles. The van der Waals surface area contributed by atoms with E-state index >= 15 is 0 Å². The van der Waals surface area contributed by atoms with Crippen LogP contribution in [0, 0.1) is 24.7 Å². The van der Waals surface area contributed by atoms with Crippen LogP contribution in [-0.2, 0) is 16.0 Å². The molecule has 0 bridgehead atoms. The second kappa shape index (κ2) is 14.5. The summed E-state index contributed by atoms with van der Waals surface area (Å²) in [6, 6.07) is 14.4. The van der Waals surface area contributed by atoms with Gasteiger partial charge < -0.3 is 15.5 Å². The van der Waals surface area contributed by atoms with Gasteiger partial charge in [0, 0.05) is 55.8 Å². The third-order valence-corrected chi connectivity index (χ3v) is 8.48. The summed E-state index contributed by atoms with van der Waals surface area (Å²) >= 11 is 0. The first-order valence-corrected chi connectivity index (χ1v) is 15.3. The molecule has 1 saturated heterocycles. The van der Waals surface area contributed by atoms with Crippen LogP contribution in [0.5, 0.6) is 0 Å². The molecule has 1 atom stereocenters. The van der Waals surface area contributed by atoms with Crippen molar-refractivity contribution in [2.24, 2.45) is 17.8 Å². The van der Waals surface area contributed by atoms with Crippen molar-refractivity contribution in [1.29, 1.82) is 0 Å². The molecule has 0 aromatic heterocycles. The molecule has 6 nitrogen and oxygen atoms in total. The van der Waals surface area contributed by atoms with Crippen LogP contribution in [0.25, 0.3) is 0 Å². The first-order chi connectivity index (χ1) is 19.3. The van der Waals surface area contributed by atoms with Gasteiger partial charge in [-0.25, -0.2) is 0 Å². The van der Waals surface area contributed by atoms with Gasteiger partial charge in [0.1, 0.15) is 5.78 Å². The maximum absolute atomic E-state index is 13.0. The minimum Gasteiger partial charge on any atom is -0.371 e. The number of nitrogens with zero attached hydrogens (tertiary/aromatic N) is 1. The molecule has 2 aromatic rings. The quantitative estimate of drug-likeness (QED) is 0.308. The minimum atomic E-state index is -0.114. The van der Waals surface area contributed by atoms with E-state index in [1.165, 1.54) is 11.3 Å². The number of Topliss-reactive ketones (excluding diaryl/α,β-unsaturated/α-hetero) is 1. The van der Waals surface area contributed by atoms with E-state index in [4.69, 9.17) is 0 Å². The fourth-order valence-corrected chi connectivity index (χ4v) is 6.25. The lowest BCUT2D eigenvalue weighted by Gasteiger charge is -2.34. The predicted octanol–water partition coefficient (Wildman–Crippen LogP) is 6.71. The number of carbonyl (C=O) groups excluding carboxylic acids is 3. The fourth-order valence-electron chi connectivity index (χ4n) is 6.25. The lowest BCUT2D eigenvalue weighted by Crippen LogP contribution is -2.34. The highest BCUT2D eigenvalue weighted by Gasteiger charge is 2.23. The molecule has 1 saturated carbocycles. The lowest BCUT2D eigenvalue weighted by molar-refractivity contribution is -0.121. The van der Waals surface area contributed by atoms with E-state index in [2.05, 4.69) is 46.7 Å². The molecule has 1 heterocycles. The Morgan fingerprint density at radius 1 is 1.02 bits per heavy atom. The molecular formula is C34H47N3O3. The third-order valence-electron chi connectivity index (χ3n) is 8.48. The van der Waals surface area contributed by atoms with Gasteiger partial charge in [0.2, 0.25) is 5.91 Å². The third kappa shape index (κ3) is 8.67. The fraction of sp³-hybridized carbons (Fsp3) is 0.559. The Morgan fingerprint density at radius 2 is 1.80 bits per heavy atom. The second-order valence-corrected chi connectivity index (χ2v) is 12.3. The van der Waals surface area contributed by atoms with E-state index < -0.39 is 0 Å². The van der Waals surface area contributed by atoms with Crippen LogP contribution in [0.3, 0.4) is 0 Å². The molecule has 2 amide bonds. The number of anilines is 2. The van der Waals surface area contributed by atoms with Crippen molar-refractivity contribution in [2.45, 2.75) is 85.0 Å². The first kappa shape index (κ1) is 29.8. The molecule has 2 aromatic carbocycles. The Hall–Kier alpha value is -3.15. The number of carbonyl (C=O) groups is 3. The number of benzene rings is 2. The standard InChI is InChI=1S/C34H47N3O3/c1-24(2)20-33(39)36-31-23-29(34(40)35-17-7-10-26-9-6-11-30(38)22-26)14-13-28(31)21-27-15-18-37(19-16-27)32-12-5-4-8-25(32)3/h4-5,8,12-14,23-24,26-27H,6-7,9-11,15-22H2,1-3H3,(H,35,40)(H,36,39). The van der Waals surface area contributed by atoms with Gasteiger partial charge in [0.15, 0.2) is 0 Å². The van der Waals surface area contributed by atoms with Crippen molar-refractivity contribution in [1.82, 2.24) is 5.32 Å². The average molecular weight is 546 g/mol. The van der Waals surface area contributed by atoms with Crippen molar-refractivity contribution in [3.05, 3.63) is 59.2 Å². The Labute approximate surface area is 240 Å². The SMILES string of the molecule is Cc1ccccc1N1CCC(Cc2ccc(C(=O)NCCCC3CCCC(=O)C3)cc2NC(=O)CC(C)C)CC1. The maximum atomic E-state index is 13.0. The van der Waals surface area contributed by atoms with Gasteiger partial charge in [-0.1, -0.05) is 38.1 Å². The van der Waals surface area contributed by atoms with Crippen LogP contribution >= 0.6 is 0 Å². The zero-order valence-electron chi connectivity index (χ0n) is 24.6. The Kier molecular flexibility index (Phi) is 10.8. The molecule has 2 aliphatic rings. The van der Waals surface area contributed by atoms with Crippen molar-refractivity contribution in [3.63, 3.8) is 0 Å². The number of ketones is 1. The summed E-state index contributed by atoms with van der Waals surface area (Å²) in [6.45, 7) is 8.90. The molecule has 0 radical (unpaired) electrons. The Balaban J connectivity index is 1.36. The topological polar surface area (TPSA) is 78.5 Å². The van der Waals surface area contributed by atoms with E-state index in [0.717, 1.165) is 75.7 Å². The van der Waals surface area contributed by atoms with E-state index in [1.807, 2.05) is 32.0 Å². The number of piperidine rings is 1. The van der Waals surface area contributed by atoms with Crippen molar-refractivity contribution in [3.8, 4) is 0 Å². The molecule has 2 fully saturated rings. The molecule has 6 heteroatoms. The molecule has 40 heavy (non-hydrogen) atoms.